The van der Waals surface area contributed by atoms with Gasteiger partial charge in [-0.1, -0.05) is 55.9 Å². The Morgan fingerprint density at radius 2 is 1.76 bits per heavy atom. The van der Waals surface area contributed by atoms with Crippen molar-refractivity contribution in [1.82, 2.24) is 0 Å². The lowest BCUT2D eigenvalue weighted by Crippen LogP contribution is -2.06. The third kappa shape index (κ3) is 6.66. The molecule has 2 rings (SSSR count). The number of benzene rings is 2. The van der Waals surface area contributed by atoms with Gasteiger partial charge in [0.25, 0.3) is 0 Å². The summed E-state index contributed by atoms with van der Waals surface area (Å²) in [6.07, 6.45) is 2.67. The molecular formula is C19H21F2N3S. The number of nitrogens with zero attached hydrogens (tertiary/aromatic N) is 2. The molecule has 0 aliphatic rings. The highest BCUT2D eigenvalue weighted by Gasteiger charge is 2.03. The molecule has 0 unspecified atom stereocenters. The number of halogens is 2. The molecule has 0 saturated carbocycles. The maximum absolute atomic E-state index is 13.1. The van der Waals surface area contributed by atoms with Crippen LogP contribution in [0.25, 0.3) is 0 Å². The van der Waals surface area contributed by atoms with E-state index in [-0.39, 0.29) is 5.17 Å². The summed E-state index contributed by atoms with van der Waals surface area (Å²) in [6.45, 7) is 4.37. The second-order valence-electron chi connectivity index (χ2n) is 6.06. The smallest absolute Gasteiger partial charge is 0.180 e. The molecule has 3 nitrogen and oxygen atoms in total. The van der Waals surface area contributed by atoms with Gasteiger partial charge in [0.15, 0.2) is 16.8 Å². The van der Waals surface area contributed by atoms with Crippen molar-refractivity contribution in [3.05, 3.63) is 70.8 Å². The van der Waals surface area contributed by atoms with Gasteiger partial charge in [-0.3, -0.25) is 0 Å². The first-order valence-corrected chi connectivity index (χ1v) is 8.94. The molecule has 6 heteroatoms. The molecule has 132 valence electrons. The zero-order chi connectivity index (χ0) is 18.2. The van der Waals surface area contributed by atoms with Gasteiger partial charge in [-0.2, -0.15) is 5.10 Å². The van der Waals surface area contributed by atoms with Gasteiger partial charge in [0.2, 0.25) is 0 Å². The van der Waals surface area contributed by atoms with E-state index in [1.165, 1.54) is 23.4 Å². The van der Waals surface area contributed by atoms with Crippen LogP contribution in [-0.4, -0.2) is 11.4 Å². The van der Waals surface area contributed by atoms with Crippen molar-refractivity contribution in [3.8, 4) is 0 Å². The molecule has 0 atom stereocenters. The fourth-order valence-electron chi connectivity index (χ4n) is 2.18. The minimum Gasteiger partial charge on any atom is -0.377 e. The third-order valence-electron chi connectivity index (χ3n) is 3.36. The van der Waals surface area contributed by atoms with E-state index in [9.17, 15) is 8.78 Å². The normalized spacial score (nSPS) is 12.3. The Balaban J connectivity index is 1.87. The van der Waals surface area contributed by atoms with Gasteiger partial charge >= 0.3 is 0 Å². The largest absolute Gasteiger partial charge is 0.377 e. The molecule has 2 N–H and O–H groups in total. The van der Waals surface area contributed by atoms with Gasteiger partial charge < -0.3 is 5.73 Å². The predicted octanol–water partition coefficient (Wildman–Crippen LogP) is 4.75. The average molecular weight is 361 g/mol. The van der Waals surface area contributed by atoms with E-state index < -0.39 is 11.6 Å². The van der Waals surface area contributed by atoms with E-state index in [0.717, 1.165) is 24.1 Å². The number of rotatable bonds is 6. The monoisotopic (exact) mass is 361 g/mol. The maximum Gasteiger partial charge on any atom is 0.180 e. The van der Waals surface area contributed by atoms with Gasteiger partial charge in [0.05, 0.1) is 6.21 Å². The van der Waals surface area contributed by atoms with E-state index in [2.05, 4.69) is 36.2 Å². The number of thioether (sulfide) groups is 1. The lowest BCUT2D eigenvalue weighted by molar-refractivity contribution is 0.507. The Morgan fingerprint density at radius 1 is 1.08 bits per heavy atom. The second kappa shape index (κ2) is 9.32. The van der Waals surface area contributed by atoms with Gasteiger partial charge in [-0.25, -0.2) is 8.78 Å². The first-order valence-electron chi connectivity index (χ1n) is 7.96. The van der Waals surface area contributed by atoms with Crippen molar-refractivity contribution < 1.29 is 8.78 Å². The van der Waals surface area contributed by atoms with E-state index >= 15 is 0 Å². The lowest BCUT2D eigenvalue weighted by Gasteiger charge is -2.04. The van der Waals surface area contributed by atoms with Crippen molar-refractivity contribution in [2.45, 2.75) is 26.0 Å². The van der Waals surface area contributed by atoms with E-state index in [0.29, 0.717) is 17.2 Å². The molecule has 0 amide bonds. The number of hydrogen-bond acceptors (Lipinski definition) is 3. The molecule has 0 spiro atoms. The Kier molecular flexibility index (Phi) is 7.13. The number of hydrogen-bond donors (Lipinski definition) is 1. The summed E-state index contributed by atoms with van der Waals surface area (Å²) in [6, 6.07) is 11.9. The van der Waals surface area contributed by atoms with Crippen LogP contribution < -0.4 is 5.73 Å². The summed E-state index contributed by atoms with van der Waals surface area (Å²) >= 11 is 1.21. The summed E-state index contributed by atoms with van der Waals surface area (Å²) in [5.74, 6) is -0.714. The molecule has 0 aromatic heterocycles. The lowest BCUT2D eigenvalue weighted by atomic mass is 10.0. The topological polar surface area (TPSA) is 50.7 Å². The van der Waals surface area contributed by atoms with Gasteiger partial charge in [-0.15, -0.1) is 5.10 Å². The van der Waals surface area contributed by atoms with Crippen molar-refractivity contribution >= 4 is 23.1 Å². The molecule has 0 fully saturated rings. The summed E-state index contributed by atoms with van der Waals surface area (Å²) in [5.41, 5.74) is 8.62. The number of amidine groups is 1. The Labute approximate surface area is 151 Å². The van der Waals surface area contributed by atoms with Crippen molar-refractivity contribution in [2.75, 3.05) is 0 Å². The molecular weight excluding hydrogens is 340 g/mol. The molecule has 0 saturated heterocycles. The number of nitrogens with two attached hydrogens (primary N) is 1. The van der Waals surface area contributed by atoms with E-state index in [1.807, 2.05) is 12.1 Å². The SMILES string of the molecule is CC(C)Cc1ccc(/C=N/N=C(\N)SCc2ccc(F)c(F)c2)cc1. The third-order valence-corrected chi connectivity index (χ3v) is 4.21. The quantitative estimate of drug-likeness (QED) is 0.459. The molecule has 0 heterocycles. The molecule has 0 aliphatic heterocycles. The first-order chi connectivity index (χ1) is 11.9. The zero-order valence-corrected chi connectivity index (χ0v) is 15.1. The maximum atomic E-state index is 13.1. The fraction of sp³-hybridized carbons (Fsp3) is 0.263. The van der Waals surface area contributed by atoms with Gasteiger partial charge in [0, 0.05) is 5.75 Å². The summed E-state index contributed by atoms with van der Waals surface area (Å²) < 4.78 is 26.0. The highest BCUT2D eigenvalue weighted by molar-refractivity contribution is 8.13. The zero-order valence-electron chi connectivity index (χ0n) is 14.2. The fourth-order valence-corrected chi connectivity index (χ4v) is 2.78. The Hall–Kier alpha value is -2.21. The summed E-state index contributed by atoms with van der Waals surface area (Å²) in [7, 11) is 0. The Morgan fingerprint density at radius 3 is 2.40 bits per heavy atom. The minimum absolute atomic E-state index is 0.261. The standard InChI is InChI=1S/C19H21F2N3S/c1-13(2)9-14-3-5-15(6-4-14)11-23-24-19(22)25-12-16-7-8-17(20)18(21)10-16/h3-8,10-11,13H,9,12H2,1-2H3,(H2,22,24)/b23-11+. The van der Waals surface area contributed by atoms with Crippen LogP contribution in [0.1, 0.15) is 30.5 Å². The van der Waals surface area contributed by atoms with Crippen LogP contribution in [0.2, 0.25) is 0 Å². The molecule has 2 aromatic rings. The van der Waals surface area contributed by atoms with Gasteiger partial charge in [0.1, 0.15) is 0 Å². The van der Waals surface area contributed by atoms with Crippen LogP contribution in [-0.2, 0) is 12.2 Å². The highest BCUT2D eigenvalue weighted by atomic mass is 32.2. The van der Waals surface area contributed by atoms with E-state index in [1.54, 1.807) is 6.21 Å². The van der Waals surface area contributed by atoms with Crippen LogP contribution in [0, 0.1) is 17.6 Å². The van der Waals surface area contributed by atoms with Crippen LogP contribution >= 0.6 is 11.8 Å². The highest BCUT2D eigenvalue weighted by Crippen LogP contribution is 2.15. The van der Waals surface area contributed by atoms with Crippen LogP contribution in [0.5, 0.6) is 0 Å². The van der Waals surface area contributed by atoms with Crippen molar-refractivity contribution in [1.29, 1.82) is 0 Å². The average Bonchev–Trinajstić information content (AvgIpc) is 2.57. The van der Waals surface area contributed by atoms with Crippen LogP contribution in [0.4, 0.5) is 8.78 Å². The van der Waals surface area contributed by atoms with Crippen molar-refractivity contribution in [3.63, 3.8) is 0 Å². The van der Waals surface area contributed by atoms with Crippen LogP contribution in [0.3, 0.4) is 0 Å². The van der Waals surface area contributed by atoms with Gasteiger partial charge in [-0.05, 0) is 41.2 Å². The predicted molar refractivity (Wildman–Crippen MR) is 102 cm³/mol. The first kappa shape index (κ1) is 19.1. The minimum atomic E-state index is -0.868. The molecule has 25 heavy (non-hydrogen) atoms. The second-order valence-corrected chi connectivity index (χ2v) is 7.06. The molecule has 0 aliphatic carbocycles. The van der Waals surface area contributed by atoms with E-state index in [4.69, 9.17) is 5.73 Å². The molecule has 2 aromatic carbocycles. The van der Waals surface area contributed by atoms with Crippen molar-refractivity contribution in [2.24, 2.45) is 21.9 Å². The molecule has 0 bridgehead atoms. The summed E-state index contributed by atoms with van der Waals surface area (Å²) in [5, 5.41) is 8.12. The molecule has 0 radical (unpaired) electrons. The Bertz CT molecular complexity index is 756. The summed E-state index contributed by atoms with van der Waals surface area (Å²) in [4.78, 5) is 0. The van der Waals surface area contributed by atoms with Crippen LogP contribution in [0.15, 0.2) is 52.7 Å².